The minimum Gasteiger partial charge on any atom is -0.353 e. The molecular formula is C13H18N2O3. The Balaban J connectivity index is 2.73. The van der Waals surface area contributed by atoms with E-state index in [0.717, 1.165) is 0 Å². The summed E-state index contributed by atoms with van der Waals surface area (Å²) in [5.74, 6) is 0.144. The van der Waals surface area contributed by atoms with Gasteiger partial charge in [-0.15, -0.1) is 0 Å². The fourth-order valence-corrected chi connectivity index (χ4v) is 1.48. The van der Waals surface area contributed by atoms with Crippen LogP contribution in [0.1, 0.15) is 26.3 Å². The number of rotatable bonds is 5. The van der Waals surface area contributed by atoms with Crippen LogP contribution in [-0.4, -0.2) is 16.9 Å². The molecule has 5 nitrogen and oxygen atoms in total. The van der Waals surface area contributed by atoms with Gasteiger partial charge in [-0.3, -0.25) is 14.9 Å². The van der Waals surface area contributed by atoms with E-state index in [1.165, 1.54) is 6.07 Å². The molecule has 0 aromatic heterocycles. The molecular weight excluding hydrogens is 232 g/mol. The molecule has 1 rings (SSSR count). The van der Waals surface area contributed by atoms with E-state index in [-0.39, 0.29) is 24.1 Å². The molecule has 0 radical (unpaired) electrons. The predicted molar refractivity (Wildman–Crippen MR) is 69.2 cm³/mol. The van der Waals surface area contributed by atoms with Crippen LogP contribution in [0.5, 0.6) is 0 Å². The van der Waals surface area contributed by atoms with Gasteiger partial charge in [-0.25, -0.2) is 0 Å². The Hall–Kier alpha value is -1.91. The Labute approximate surface area is 106 Å². The van der Waals surface area contributed by atoms with Gasteiger partial charge in [0.05, 0.1) is 11.3 Å². The van der Waals surface area contributed by atoms with Gasteiger partial charge < -0.3 is 5.32 Å². The van der Waals surface area contributed by atoms with Crippen molar-refractivity contribution in [1.29, 1.82) is 0 Å². The van der Waals surface area contributed by atoms with Crippen LogP contribution in [0.2, 0.25) is 0 Å². The minimum absolute atomic E-state index is 0.00940. The van der Waals surface area contributed by atoms with Crippen molar-refractivity contribution in [1.82, 2.24) is 5.32 Å². The van der Waals surface area contributed by atoms with Gasteiger partial charge >= 0.3 is 0 Å². The fraction of sp³-hybridized carbons (Fsp3) is 0.462. The van der Waals surface area contributed by atoms with E-state index in [1.807, 2.05) is 20.8 Å². The molecule has 98 valence electrons. The van der Waals surface area contributed by atoms with Gasteiger partial charge in [-0.2, -0.15) is 0 Å². The number of para-hydroxylation sites is 1. The van der Waals surface area contributed by atoms with E-state index >= 15 is 0 Å². The van der Waals surface area contributed by atoms with Gasteiger partial charge in [-0.05, 0) is 12.8 Å². The molecule has 0 saturated carbocycles. The quantitative estimate of drug-likeness (QED) is 0.643. The number of carbonyl (C=O) groups is 1. The van der Waals surface area contributed by atoms with Crippen LogP contribution in [0.4, 0.5) is 5.69 Å². The lowest BCUT2D eigenvalue weighted by atomic mass is 10.1. The molecule has 1 atom stereocenters. The van der Waals surface area contributed by atoms with Gasteiger partial charge in [-0.1, -0.05) is 32.0 Å². The van der Waals surface area contributed by atoms with Crippen LogP contribution in [0.3, 0.4) is 0 Å². The van der Waals surface area contributed by atoms with Gasteiger partial charge in [0, 0.05) is 17.7 Å². The summed E-state index contributed by atoms with van der Waals surface area (Å²) in [5, 5.41) is 13.6. The number of carbonyl (C=O) groups excluding carboxylic acids is 1. The number of nitrogens with one attached hydrogen (secondary N) is 1. The molecule has 1 N–H and O–H groups in total. The first kappa shape index (κ1) is 14.2. The summed E-state index contributed by atoms with van der Waals surface area (Å²) in [4.78, 5) is 22.1. The molecule has 5 heteroatoms. The number of benzene rings is 1. The number of nitrogens with zero attached hydrogens (tertiary/aromatic N) is 1. The minimum atomic E-state index is -0.464. The second-order valence-electron chi connectivity index (χ2n) is 4.66. The van der Waals surface area contributed by atoms with Crippen LogP contribution in [0.15, 0.2) is 24.3 Å². The first-order valence-electron chi connectivity index (χ1n) is 5.93. The highest BCUT2D eigenvalue weighted by molar-refractivity contribution is 5.80. The Kier molecular flexibility index (Phi) is 4.83. The van der Waals surface area contributed by atoms with E-state index in [1.54, 1.807) is 18.2 Å². The fourth-order valence-electron chi connectivity index (χ4n) is 1.48. The van der Waals surface area contributed by atoms with Gasteiger partial charge in [0.25, 0.3) is 5.69 Å². The van der Waals surface area contributed by atoms with Crippen molar-refractivity contribution in [2.24, 2.45) is 5.92 Å². The van der Waals surface area contributed by atoms with Gasteiger partial charge in [0.15, 0.2) is 0 Å². The first-order valence-corrected chi connectivity index (χ1v) is 5.93. The molecule has 0 aliphatic carbocycles. The molecule has 0 aliphatic heterocycles. The van der Waals surface area contributed by atoms with Crippen LogP contribution in [-0.2, 0) is 11.2 Å². The number of amides is 1. The monoisotopic (exact) mass is 250 g/mol. The zero-order valence-corrected chi connectivity index (χ0v) is 10.8. The van der Waals surface area contributed by atoms with E-state index in [4.69, 9.17) is 0 Å². The van der Waals surface area contributed by atoms with Crippen LogP contribution < -0.4 is 5.32 Å². The molecule has 1 unspecified atom stereocenters. The maximum atomic E-state index is 11.8. The highest BCUT2D eigenvalue weighted by Crippen LogP contribution is 2.18. The maximum absolute atomic E-state index is 11.8. The summed E-state index contributed by atoms with van der Waals surface area (Å²) in [6.07, 6.45) is 0.0359. The van der Waals surface area contributed by atoms with E-state index < -0.39 is 4.92 Å². The van der Waals surface area contributed by atoms with Crippen molar-refractivity contribution < 1.29 is 9.72 Å². The Morgan fingerprint density at radius 2 is 1.94 bits per heavy atom. The third-order valence-electron chi connectivity index (χ3n) is 2.93. The van der Waals surface area contributed by atoms with Gasteiger partial charge in [0.1, 0.15) is 0 Å². The zero-order chi connectivity index (χ0) is 13.7. The number of hydrogen-bond acceptors (Lipinski definition) is 3. The normalized spacial score (nSPS) is 12.2. The zero-order valence-electron chi connectivity index (χ0n) is 10.8. The van der Waals surface area contributed by atoms with Crippen molar-refractivity contribution >= 4 is 11.6 Å². The SMILES string of the molecule is CC(C)C(C)NC(=O)Cc1ccccc1[N+](=O)[O-]. The van der Waals surface area contributed by atoms with Gasteiger partial charge in [0.2, 0.25) is 5.91 Å². The van der Waals surface area contributed by atoms with Crippen LogP contribution in [0.25, 0.3) is 0 Å². The molecule has 1 amide bonds. The topological polar surface area (TPSA) is 72.2 Å². The summed E-state index contributed by atoms with van der Waals surface area (Å²) < 4.78 is 0. The van der Waals surface area contributed by atoms with Crippen molar-refractivity contribution in [2.45, 2.75) is 33.2 Å². The van der Waals surface area contributed by atoms with Crippen molar-refractivity contribution in [3.63, 3.8) is 0 Å². The molecule has 1 aromatic carbocycles. The maximum Gasteiger partial charge on any atom is 0.273 e. The molecule has 18 heavy (non-hydrogen) atoms. The lowest BCUT2D eigenvalue weighted by molar-refractivity contribution is -0.385. The third kappa shape index (κ3) is 3.84. The smallest absolute Gasteiger partial charge is 0.273 e. The standard InChI is InChI=1S/C13H18N2O3/c1-9(2)10(3)14-13(16)8-11-6-4-5-7-12(11)15(17)18/h4-7,9-10H,8H2,1-3H3,(H,14,16). The second kappa shape index (κ2) is 6.14. The Morgan fingerprint density at radius 3 is 2.50 bits per heavy atom. The highest BCUT2D eigenvalue weighted by atomic mass is 16.6. The van der Waals surface area contributed by atoms with Crippen molar-refractivity contribution in [2.75, 3.05) is 0 Å². The molecule has 0 aliphatic rings. The van der Waals surface area contributed by atoms with E-state index in [2.05, 4.69) is 5.32 Å². The van der Waals surface area contributed by atoms with E-state index in [0.29, 0.717) is 11.5 Å². The molecule has 0 bridgehead atoms. The molecule has 0 heterocycles. The number of nitro benzene ring substituents is 1. The summed E-state index contributed by atoms with van der Waals surface area (Å²) in [6, 6.07) is 6.37. The summed E-state index contributed by atoms with van der Waals surface area (Å²) in [5.41, 5.74) is 0.431. The third-order valence-corrected chi connectivity index (χ3v) is 2.93. The number of nitro groups is 1. The summed E-state index contributed by atoms with van der Waals surface area (Å²) in [7, 11) is 0. The average molecular weight is 250 g/mol. The van der Waals surface area contributed by atoms with E-state index in [9.17, 15) is 14.9 Å². The lowest BCUT2D eigenvalue weighted by Crippen LogP contribution is -2.37. The average Bonchev–Trinajstić information content (AvgIpc) is 2.28. The summed E-state index contributed by atoms with van der Waals surface area (Å²) >= 11 is 0. The molecule has 1 aromatic rings. The Morgan fingerprint density at radius 1 is 1.33 bits per heavy atom. The summed E-state index contributed by atoms with van der Waals surface area (Å²) in [6.45, 7) is 5.94. The highest BCUT2D eigenvalue weighted by Gasteiger charge is 2.17. The predicted octanol–water partition coefficient (Wildman–Crippen LogP) is 2.30. The molecule has 0 spiro atoms. The lowest BCUT2D eigenvalue weighted by Gasteiger charge is -2.17. The second-order valence-corrected chi connectivity index (χ2v) is 4.66. The number of hydrogen-bond donors (Lipinski definition) is 1. The molecule has 0 saturated heterocycles. The Bertz CT molecular complexity index is 444. The van der Waals surface area contributed by atoms with Crippen molar-refractivity contribution in [3.05, 3.63) is 39.9 Å². The first-order chi connectivity index (χ1) is 8.41. The van der Waals surface area contributed by atoms with Crippen molar-refractivity contribution in [3.8, 4) is 0 Å². The van der Waals surface area contributed by atoms with Crippen LogP contribution in [0, 0.1) is 16.0 Å². The van der Waals surface area contributed by atoms with Crippen LogP contribution >= 0.6 is 0 Å². The molecule has 0 fully saturated rings. The largest absolute Gasteiger partial charge is 0.353 e.